The highest BCUT2D eigenvalue weighted by Gasteiger charge is 2.13. The van der Waals surface area contributed by atoms with Gasteiger partial charge in [-0.3, -0.25) is 4.79 Å². The summed E-state index contributed by atoms with van der Waals surface area (Å²) in [5, 5.41) is 7.32. The number of carbonyl (C=O) groups is 1. The van der Waals surface area contributed by atoms with Crippen LogP contribution in [-0.4, -0.2) is 32.0 Å². The van der Waals surface area contributed by atoms with Crippen LogP contribution in [0.15, 0.2) is 0 Å². The van der Waals surface area contributed by atoms with Gasteiger partial charge < -0.3 is 5.32 Å². The Morgan fingerprint density at radius 2 is 1.95 bits per heavy atom. The molecule has 1 N–H and O–H groups in total. The predicted molar refractivity (Wildman–Crippen MR) is 85.8 cm³/mol. The predicted octanol–water partition coefficient (Wildman–Crippen LogP) is 2.14. The first kappa shape index (κ1) is 16.4. The van der Waals surface area contributed by atoms with Crippen LogP contribution in [0, 0.1) is 26.7 Å². The van der Waals surface area contributed by atoms with Gasteiger partial charge in [0.05, 0.1) is 0 Å². The first-order chi connectivity index (χ1) is 10.4. The van der Waals surface area contributed by atoms with Crippen LogP contribution in [0.1, 0.15) is 49.5 Å². The summed E-state index contributed by atoms with van der Waals surface area (Å²) in [5.41, 5.74) is 3.02. The molecular formula is C16H25N5O. The second-order valence-corrected chi connectivity index (χ2v) is 6.16. The fourth-order valence-electron chi connectivity index (χ4n) is 2.50. The van der Waals surface area contributed by atoms with Gasteiger partial charge in [-0.05, 0) is 45.1 Å². The van der Waals surface area contributed by atoms with Crippen molar-refractivity contribution < 1.29 is 4.79 Å². The smallest absolute Gasteiger partial charge is 0.252 e. The summed E-state index contributed by atoms with van der Waals surface area (Å²) in [6, 6.07) is 0. The van der Waals surface area contributed by atoms with E-state index in [-0.39, 0.29) is 5.91 Å². The van der Waals surface area contributed by atoms with Crippen LogP contribution in [0.4, 0.5) is 0 Å². The quantitative estimate of drug-likeness (QED) is 0.887. The average Bonchev–Trinajstić information content (AvgIpc) is 2.78. The second kappa shape index (κ2) is 6.85. The van der Waals surface area contributed by atoms with E-state index >= 15 is 0 Å². The lowest BCUT2D eigenvalue weighted by Gasteiger charge is -2.11. The number of amides is 1. The third-order valence-corrected chi connectivity index (χ3v) is 3.80. The number of hydrogen-bond acceptors (Lipinski definition) is 4. The molecule has 120 valence electrons. The standard InChI is InChI=1S/C16H25N5O/c1-10(2)8-9-17-15(22)7-6-14-11(3)18-16-19-13(5)20-21(16)12(14)4/h10H,6-9H2,1-5H3,(H,17,22). The van der Waals surface area contributed by atoms with E-state index in [1.165, 1.54) is 0 Å². The zero-order valence-corrected chi connectivity index (χ0v) is 14.1. The Morgan fingerprint density at radius 3 is 2.64 bits per heavy atom. The van der Waals surface area contributed by atoms with Crippen molar-refractivity contribution in [3.05, 3.63) is 22.8 Å². The van der Waals surface area contributed by atoms with E-state index in [0.29, 0.717) is 30.4 Å². The summed E-state index contributed by atoms with van der Waals surface area (Å²) < 4.78 is 1.76. The van der Waals surface area contributed by atoms with Gasteiger partial charge in [0.1, 0.15) is 5.82 Å². The first-order valence-corrected chi connectivity index (χ1v) is 7.84. The van der Waals surface area contributed by atoms with Crippen LogP contribution < -0.4 is 5.32 Å². The summed E-state index contributed by atoms with van der Waals surface area (Å²) >= 11 is 0. The van der Waals surface area contributed by atoms with Crippen molar-refractivity contribution in [1.29, 1.82) is 0 Å². The van der Waals surface area contributed by atoms with Crippen molar-refractivity contribution >= 4 is 11.7 Å². The molecule has 0 aliphatic rings. The monoisotopic (exact) mass is 303 g/mol. The Labute approximate surface area is 131 Å². The third kappa shape index (κ3) is 3.81. The van der Waals surface area contributed by atoms with Crippen molar-refractivity contribution in [2.75, 3.05) is 6.54 Å². The van der Waals surface area contributed by atoms with Crippen LogP contribution in [0.25, 0.3) is 5.78 Å². The summed E-state index contributed by atoms with van der Waals surface area (Å²) in [4.78, 5) is 20.7. The molecule has 0 saturated carbocycles. The van der Waals surface area contributed by atoms with Gasteiger partial charge in [0, 0.05) is 24.4 Å². The minimum absolute atomic E-state index is 0.0920. The molecule has 6 heteroatoms. The highest BCUT2D eigenvalue weighted by atomic mass is 16.1. The summed E-state index contributed by atoms with van der Waals surface area (Å²) in [6.07, 6.45) is 2.16. The number of hydrogen-bond donors (Lipinski definition) is 1. The molecule has 1 amide bonds. The maximum atomic E-state index is 11.9. The van der Waals surface area contributed by atoms with Crippen LogP contribution in [0.2, 0.25) is 0 Å². The maximum Gasteiger partial charge on any atom is 0.252 e. The largest absolute Gasteiger partial charge is 0.356 e. The Morgan fingerprint density at radius 1 is 1.23 bits per heavy atom. The van der Waals surface area contributed by atoms with E-state index in [0.717, 1.165) is 29.9 Å². The molecule has 0 aromatic carbocycles. The number of fused-ring (bicyclic) bond motifs is 1. The van der Waals surface area contributed by atoms with Gasteiger partial charge in [0.25, 0.3) is 5.78 Å². The average molecular weight is 303 g/mol. The highest BCUT2D eigenvalue weighted by Crippen LogP contribution is 2.15. The fourth-order valence-corrected chi connectivity index (χ4v) is 2.50. The second-order valence-electron chi connectivity index (χ2n) is 6.16. The molecule has 22 heavy (non-hydrogen) atoms. The molecule has 0 radical (unpaired) electrons. The molecular weight excluding hydrogens is 278 g/mol. The van der Waals surface area contributed by atoms with Crippen LogP contribution in [-0.2, 0) is 11.2 Å². The summed E-state index contributed by atoms with van der Waals surface area (Å²) in [5.74, 6) is 2.03. The van der Waals surface area contributed by atoms with E-state index < -0.39 is 0 Å². The van der Waals surface area contributed by atoms with E-state index in [1.807, 2.05) is 20.8 Å². The minimum atomic E-state index is 0.0920. The van der Waals surface area contributed by atoms with Crippen molar-refractivity contribution in [2.24, 2.45) is 5.92 Å². The molecule has 2 heterocycles. The molecule has 0 unspecified atom stereocenters. The Kier molecular flexibility index (Phi) is 5.11. The lowest BCUT2D eigenvalue weighted by atomic mass is 10.1. The zero-order valence-electron chi connectivity index (χ0n) is 14.1. The number of aryl methyl sites for hydroxylation is 3. The molecule has 2 aromatic rings. The van der Waals surface area contributed by atoms with Gasteiger partial charge >= 0.3 is 0 Å². The topological polar surface area (TPSA) is 72.2 Å². The Balaban J connectivity index is 2.03. The van der Waals surface area contributed by atoms with E-state index in [4.69, 9.17) is 0 Å². The molecule has 0 bridgehead atoms. The summed E-state index contributed by atoms with van der Waals surface area (Å²) in [7, 11) is 0. The molecule has 0 aliphatic heterocycles. The molecule has 0 saturated heterocycles. The minimum Gasteiger partial charge on any atom is -0.356 e. The van der Waals surface area contributed by atoms with Crippen molar-refractivity contribution in [3.8, 4) is 0 Å². The molecule has 0 fully saturated rings. The number of carbonyl (C=O) groups excluding carboxylic acids is 1. The van der Waals surface area contributed by atoms with Crippen LogP contribution >= 0.6 is 0 Å². The van der Waals surface area contributed by atoms with Crippen molar-refractivity contribution in [2.45, 2.75) is 53.9 Å². The Bertz CT molecular complexity index is 675. The van der Waals surface area contributed by atoms with Gasteiger partial charge in [-0.2, -0.15) is 10.1 Å². The summed E-state index contributed by atoms with van der Waals surface area (Å²) in [6.45, 7) is 10.9. The van der Waals surface area contributed by atoms with Crippen LogP contribution in [0.3, 0.4) is 0 Å². The number of nitrogens with zero attached hydrogens (tertiary/aromatic N) is 4. The zero-order chi connectivity index (χ0) is 16.3. The fraction of sp³-hybridized carbons (Fsp3) is 0.625. The van der Waals surface area contributed by atoms with Gasteiger partial charge in [0.15, 0.2) is 0 Å². The van der Waals surface area contributed by atoms with Gasteiger partial charge in [-0.15, -0.1) is 0 Å². The van der Waals surface area contributed by atoms with E-state index in [9.17, 15) is 4.79 Å². The highest BCUT2D eigenvalue weighted by molar-refractivity contribution is 5.76. The maximum absolute atomic E-state index is 11.9. The normalized spacial score (nSPS) is 11.4. The number of nitrogens with one attached hydrogen (secondary N) is 1. The number of rotatable bonds is 6. The van der Waals surface area contributed by atoms with Crippen molar-refractivity contribution in [1.82, 2.24) is 24.9 Å². The molecule has 2 aromatic heterocycles. The molecule has 2 rings (SSSR count). The van der Waals surface area contributed by atoms with Crippen molar-refractivity contribution in [3.63, 3.8) is 0 Å². The Hall–Kier alpha value is -1.98. The van der Waals surface area contributed by atoms with Gasteiger partial charge in [-0.1, -0.05) is 13.8 Å². The molecule has 0 spiro atoms. The lowest BCUT2D eigenvalue weighted by Crippen LogP contribution is -2.25. The molecule has 0 aliphatic carbocycles. The lowest BCUT2D eigenvalue weighted by molar-refractivity contribution is -0.121. The molecule has 0 atom stereocenters. The first-order valence-electron chi connectivity index (χ1n) is 7.84. The SMILES string of the molecule is Cc1nc2nc(C)c(CCC(=O)NCCC(C)C)c(C)n2n1. The van der Waals surface area contributed by atoms with Gasteiger partial charge in [0.2, 0.25) is 5.91 Å². The van der Waals surface area contributed by atoms with Gasteiger partial charge in [-0.25, -0.2) is 9.50 Å². The van der Waals surface area contributed by atoms with E-state index in [2.05, 4.69) is 34.2 Å². The van der Waals surface area contributed by atoms with E-state index in [1.54, 1.807) is 4.52 Å². The third-order valence-electron chi connectivity index (χ3n) is 3.80. The van der Waals surface area contributed by atoms with Crippen LogP contribution in [0.5, 0.6) is 0 Å². The molecule has 6 nitrogen and oxygen atoms in total. The number of aromatic nitrogens is 4.